The molecule has 2 N–H and O–H groups in total. The second kappa shape index (κ2) is 7.05. The zero-order chi connectivity index (χ0) is 15.3. The number of rotatable bonds is 5. The van der Waals surface area contributed by atoms with E-state index in [1.807, 2.05) is 24.0 Å². The number of carbonyl (C=O) groups is 1. The molecule has 1 aromatic carbocycles. The Morgan fingerprint density at radius 3 is 2.57 bits per heavy atom. The van der Waals surface area contributed by atoms with Gasteiger partial charge in [0.2, 0.25) is 5.91 Å². The molecule has 1 amide bonds. The number of hydrogen-bond acceptors (Lipinski definition) is 3. The SMILES string of the molecule is CCN(Cc1ccccc1C)C(=O)C1(CN)CCOCC1. The largest absolute Gasteiger partial charge is 0.381 e. The van der Waals surface area contributed by atoms with E-state index >= 15 is 0 Å². The van der Waals surface area contributed by atoms with Crippen LogP contribution in [-0.2, 0) is 16.1 Å². The van der Waals surface area contributed by atoms with Crippen LogP contribution in [0.4, 0.5) is 0 Å². The highest BCUT2D eigenvalue weighted by Crippen LogP contribution is 2.32. The Hall–Kier alpha value is -1.39. The summed E-state index contributed by atoms with van der Waals surface area (Å²) in [7, 11) is 0. The van der Waals surface area contributed by atoms with Crippen molar-refractivity contribution in [2.24, 2.45) is 11.1 Å². The van der Waals surface area contributed by atoms with Gasteiger partial charge >= 0.3 is 0 Å². The van der Waals surface area contributed by atoms with E-state index in [0.717, 1.165) is 12.8 Å². The molecule has 1 aromatic rings. The maximum Gasteiger partial charge on any atom is 0.230 e. The van der Waals surface area contributed by atoms with Gasteiger partial charge in [0.05, 0.1) is 5.41 Å². The molecular weight excluding hydrogens is 264 g/mol. The molecule has 0 saturated carbocycles. The van der Waals surface area contributed by atoms with E-state index in [4.69, 9.17) is 10.5 Å². The smallest absolute Gasteiger partial charge is 0.230 e. The number of nitrogens with zero attached hydrogens (tertiary/aromatic N) is 1. The van der Waals surface area contributed by atoms with Gasteiger partial charge in [-0.25, -0.2) is 0 Å². The zero-order valence-electron chi connectivity index (χ0n) is 13.1. The summed E-state index contributed by atoms with van der Waals surface area (Å²) in [4.78, 5) is 14.9. The Morgan fingerprint density at radius 2 is 2.00 bits per heavy atom. The Labute approximate surface area is 127 Å². The highest BCUT2D eigenvalue weighted by Gasteiger charge is 2.41. The van der Waals surface area contributed by atoms with Gasteiger partial charge in [0.1, 0.15) is 0 Å². The third-order valence-corrected chi connectivity index (χ3v) is 4.59. The van der Waals surface area contributed by atoms with Crippen molar-refractivity contribution in [1.82, 2.24) is 4.90 Å². The number of nitrogens with two attached hydrogens (primary N) is 1. The van der Waals surface area contributed by atoms with E-state index in [9.17, 15) is 4.79 Å². The molecule has 1 fully saturated rings. The van der Waals surface area contributed by atoms with Crippen LogP contribution in [0.2, 0.25) is 0 Å². The zero-order valence-corrected chi connectivity index (χ0v) is 13.1. The van der Waals surface area contributed by atoms with E-state index < -0.39 is 5.41 Å². The second-order valence-electron chi connectivity index (χ2n) is 5.84. The van der Waals surface area contributed by atoms with Crippen LogP contribution in [0.15, 0.2) is 24.3 Å². The Balaban J connectivity index is 2.16. The predicted octanol–water partition coefficient (Wildman–Crippen LogP) is 2.10. The molecule has 0 spiro atoms. The van der Waals surface area contributed by atoms with E-state index in [1.54, 1.807) is 0 Å². The monoisotopic (exact) mass is 290 g/mol. The fourth-order valence-electron chi connectivity index (χ4n) is 2.92. The number of hydrogen-bond donors (Lipinski definition) is 1. The third kappa shape index (κ3) is 3.44. The first-order valence-electron chi connectivity index (χ1n) is 7.74. The van der Waals surface area contributed by atoms with Crippen LogP contribution in [0.1, 0.15) is 30.9 Å². The molecule has 0 unspecified atom stereocenters. The Kier molecular flexibility index (Phi) is 5.37. The fraction of sp³-hybridized carbons (Fsp3) is 0.588. The van der Waals surface area contributed by atoms with E-state index in [0.29, 0.717) is 32.8 Å². The van der Waals surface area contributed by atoms with Crippen LogP contribution in [0, 0.1) is 12.3 Å². The molecule has 4 nitrogen and oxygen atoms in total. The van der Waals surface area contributed by atoms with Crippen LogP contribution < -0.4 is 5.73 Å². The van der Waals surface area contributed by atoms with Gasteiger partial charge in [0.15, 0.2) is 0 Å². The van der Waals surface area contributed by atoms with Crippen LogP contribution in [-0.4, -0.2) is 37.1 Å². The van der Waals surface area contributed by atoms with Crippen molar-refractivity contribution in [2.75, 3.05) is 26.3 Å². The summed E-state index contributed by atoms with van der Waals surface area (Å²) < 4.78 is 5.40. The lowest BCUT2D eigenvalue weighted by atomic mass is 9.78. The van der Waals surface area contributed by atoms with Gasteiger partial charge in [-0.1, -0.05) is 24.3 Å². The maximum absolute atomic E-state index is 13.0. The first-order chi connectivity index (χ1) is 10.1. The van der Waals surface area contributed by atoms with E-state index in [1.165, 1.54) is 11.1 Å². The summed E-state index contributed by atoms with van der Waals surface area (Å²) >= 11 is 0. The molecule has 2 rings (SSSR count). The molecule has 0 radical (unpaired) electrons. The average molecular weight is 290 g/mol. The molecule has 1 heterocycles. The third-order valence-electron chi connectivity index (χ3n) is 4.59. The average Bonchev–Trinajstić information content (AvgIpc) is 2.54. The standard InChI is InChI=1S/C17H26N2O2/c1-3-19(12-15-7-5-4-6-14(15)2)16(20)17(13-18)8-10-21-11-9-17/h4-7H,3,8-13,18H2,1-2H3. The molecule has 0 aromatic heterocycles. The summed E-state index contributed by atoms with van der Waals surface area (Å²) in [5, 5.41) is 0. The van der Waals surface area contributed by atoms with Crippen molar-refractivity contribution in [3.05, 3.63) is 35.4 Å². The highest BCUT2D eigenvalue weighted by molar-refractivity contribution is 5.83. The van der Waals surface area contributed by atoms with Crippen LogP contribution >= 0.6 is 0 Å². The topological polar surface area (TPSA) is 55.6 Å². The lowest BCUT2D eigenvalue weighted by molar-refractivity contribution is -0.147. The number of amides is 1. The lowest BCUT2D eigenvalue weighted by Crippen LogP contribution is -2.50. The van der Waals surface area contributed by atoms with Gasteiger partial charge in [0, 0.05) is 32.8 Å². The van der Waals surface area contributed by atoms with Crippen LogP contribution in [0.3, 0.4) is 0 Å². The quantitative estimate of drug-likeness (QED) is 0.903. The predicted molar refractivity (Wildman–Crippen MR) is 83.8 cm³/mol. The van der Waals surface area contributed by atoms with Crippen LogP contribution in [0.5, 0.6) is 0 Å². The molecule has 0 aliphatic carbocycles. The lowest BCUT2D eigenvalue weighted by Gasteiger charge is -2.38. The minimum Gasteiger partial charge on any atom is -0.381 e. The van der Waals surface area contributed by atoms with Gasteiger partial charge < -0.3 is 15.4 Å². The van der Waals surface area contributed by atoms with Crippen molar-refractivity contribution in [3.63, 3.8) is 0 Å². The van der Waals surface area contributed by atoms with Crippen molar-refractivity contribution in [3.8, 4) is 0 Å². The summed E-state index contributed by atoms with van der Waals surface area (Å²) in [5.74, 6) is 0.180. The Morgan fingerprint density at radius 1 is 1.33 bits per heavy atom. The molecular formula is C17H26N2O2. The second-order valence-corrected chi connectivity index (χ2v) is 5.84. The number of carbonyl (C=O) groups excluding carboxylic acids is 1. The highest BCUT2D eigenvalue weighted by atomic mass is 16.5. The van der Waals surface area contributed by atoms with Crippen molar-refractivity contribution < 1.29 is 9.53 Å². The minimum atomic E-state index is -0.434. The maximum atomic E-state index is 13.0. The molecule has 1 aliphatic heterocycles. The minimum absolute atomic E-state index is 0.180. The van der Waals surface area contributed by atoms with Gasteiger partial charge in [0.25, 0.3) is 0 Å². The number of aryl methyl sites for hydroxylation is 1. The summed E-state index contributed by atoms with van der Waals surface area (Å²) in [5.41, 5.74) is 7.94. The van der Waals surface area contributed by atoms with E-state index in [-0.39, 0.29) is 5.91 Å². The molecule has 0 atom stereocenters. The number of ether oxygens (including phenoxy) is 1. The molecule has 116 valence electrons. The molecule has 21 heavy (non-hydrogen) atoms. The van der Waals surface area contributed by atoms with Crippen molar-refractivity contribution in [1.29, 1.82) is 0 Å². The van der Waals surface area contributed by atoms with Gasteiger partial charge in [-0.15, -0.1) is 0 Å². The van der Waals surface area contributed by atoms with Gasteiger partial charge in [-0.2, -0.15) is 0 Å². The van der Waals surface area contributed by atoms with Gasteiger partial charge in [-0.3, -0.25) is 4.79 Å². The molecule has 1 aliphatic rings. The van der Waals surface area contributed by atoms with Gasteiger partial charge in [-0.05, 0) is 37.8 Å². The molecule has 0 bridgehead atoms. The molecule has 4 heteroatoms. The summed E-state index contributed by atoms with van der Waals surface area (Å²) in [6.45, 7) is 7.14. The molecule has 1 saturated heterocycles. The number of benzene rings is 1. The van der Waals surface area contributed by atoms with Crippen molar-refractivity contribution in [2.45, 2.75) is 33.2 Å². The summed E-state index contributed by atoms with van der Waals surface area (Å²) in [6.07, 6.45) is 1.46. The van der Waals surface area contributed by atoms with E-state index in [2.05, 4.69) is 19.1 Å². The first-order valence-corrected chi connectivity index (χ1v) is 7.74. The van der Waals surface area contributed by atoms with Crippen LogP contribution in [0.25, 0.3) is 0 Å². The first kappa shape index (κ1) is 16.0. The fourth-order valence-corrected chi connectivity index (χ4v) is 2.92. The Bertz CT molecular complexity index is 481. The normalized spacial score (nSPS) is 17.5. The van der Waals surface area contributed by atoms with Crippen molar-refractivity contribution >= 4 is 5.91 Å². The summed E-state index contributed by atoms with van der Waals surface area (Å²) in [6, 6.07) is 8.22.